The topological polar surface area (TPSA) is 95.6 Å². The fourth-order valence-electron chi connectivity index (χ4n) is 2.79. The van der Waals surface area contributed by atoms with E-state index in [0.717, 1.165) is 0 Å². The van der Waals surface area contributed by atoms with Crippen LogP contribution < -0.4 is 11.4 Å². The molecule has 4 aromatic rings. The van der Waals surface area contributed by atoms with Crippen molar-refractivity contribution in [3.05, 3.63) is 57.3 Å². The molecule has 0 atom stereocenters. The van der Waals surface area contributed by atoms with Crippen LogP contribution in [0, 0.1) is 23.2 Å². The zero-order valence-electron chi connectivity index (χ0n) is 13.1. The molecule has 0 amide bonds. The molecule has 2 aromatic heterocycles. The molecule has 0 saturated carbocycles. The molecule has 124 valence electrons. The molecule has 0 radical (unpaired) electrons. The van der Waals surface area contributed by atoms with Crippen LogP contribution in [-0.4, -0.2) is 9.97 Å². The number of fused-ring (bicyclic) bond motifs is 2. The molecule has 2 heterocycles. The van der Waals surface area contributed by atoms with Gasteiger partial charge in [-0.15, -0.1) is 16.9 Å². The van der Waals surface area contributed by atoms with E-state index in [0.29, 0.717) is 26.0 Å². The molecule has 0 unspecified atom stereocenters. The number of hydrogen-bond acceptors (Lipinski definition) is 5. The number of nitrogens with two attached hydrogens (primary N) is 1. The smallest absolute Gasteiger partial charge is 0.345 e. The number of halogens is 2. The summed E-state index contributed by atoms with van der Waals surface area (Å²) in [6.45, 7) is 0. The van der Waals surface area contributed by atoms with E-state index in [1.165, 1.54) is 23.6 Å². The van der Waals surface area contributed by atoms with E-state index >= 15 is 4.39 Å². The van der Waals surface area contributed by atoms with E-state index in [2.05, 4.69) is 16.0 Å². The Morgan fingerprint density at radius 2 is 2.23 bits per heavy atom. The third-order valence-corrected chi connectivity index (χ3v) is 5.10. The zero-order chi connectivity index (χ0) is 17.7. The van der Waals surface area contributed by atoms with Gasteiger partial charge in [0, 0.05) is 22.7 Å². The van der Waals surface area contributed by atoms with Crippen LogP contribution in [-0.2, 0) is 0 Å². The average molecular weight is 637 g/mol. The van der Waals surface area contributed by atoms with Crippen molar-refractivity contribution in [3.8, 4) is 17.2 Å². The van der Waals surface area contributed by atoms with Gasteiger partial charge >= 0.3 is 5.69 Å². The van der Waals surface area contributed by atoms with Crippen molar-refractivity contribution in [1.82, 2.24) is 9.97 Å². The molecule has 0 aliphatic rings. The maximum Gasteiger partial charge on any atom is 0.345 e. The third-order valence-electron chi connectivity index (χ3n) is 3.85. The predicted molar refractivity (Wildman–Crippen MR) is 96.1 cm³/mol. The number of nitrogen functional groups attached to an aromatic ring is 1. The number of nitriles is 1. The van der Waals surface area contributed by atoms with Gasteiger partial charge in [0.2, 0.25) is 0 Å². The van der Waals surface area contributed by atoms with Crippen molar-refractivity contribution in [2.24, 2.45) is 0 Å². The van der Waals surface area contributed by atoms with Crippen molar-refractivity contribution in [1.29, 1.82) is 5.26 Å². The van der Waals surface area contributed by atoms with Gasteiger partial charge in [-0.25, -0.2) is 14.2 Å². The minimum Gasteiger partial charge on any atom is -0.390 e. The normalized spacial score (nSPS) is 10.7. The molecule has 0 aliphatic heterocycles. The van der Waals surface area contributed by atoms with E-state index in [-0.39, 0.29) is 21.7 Å². The predicted octanol–water partition coefficient (Wildman–Crippen LogP) is 3.85. The first kappa shape index (κ1) is 16.9. The van der Waals surface area contributed by atoms with Gasteiger partial charge in [0.05, 0.1) is 21.6 Å². The van der Waals surface area contributed by atoms with Gasteiger partial charge in [-0.2, -0.15) is 23.5 Å². The number of aromatic nitrogens is 2. The first-order chi connectivity index (χ1) is 12.0. The number of nitrogens with zero attached hydrogens (tertiary/aromatic N) is 2. The second-order valence-electron chi connectivity index (χ2n) is 5.25. The Bertz CT molecular complexity index is 1280. The average Bonchev–Trinajstić information content (AvgIpc) is 2.91. The Labute approximate surface area is 149 Å². The van der Waals surface area contributed by atoms with Crippen LogP contribution >= 0.6 is 22.9 Å². The number of H-pyrrole nitrogens is 1. The number of anilines is 1. The van der Waals surface area contributed by atoms with Crippen LogP contribution in [0.4, 0.5) is 9.39 Å². The fraction of sp³-hybridized carbons (Fsp3) is 0. The van der Waals surface area contributed by atoms with Crippen molar-refractivity contribution in [3.63, 3.8) is 0 Å². The van der Waals surface area contributed by atoms with Gasteiger partial charge in [0.1, 0.15) is 0 Å². The molecular weight excluding hydrogens is 630 g/mol. The van der Waals surface area contributed by atoms with E-state index in [4.69, 9.17) is 17.3 Å². The standard InChI is InChI=1S/C17H7ClFN4OS.Rf/c18-10-4-7-6-22-17(24)23-15(7)14(19)13(10)8-2-1-3-11-12(8)9(5-20)16(21)25-11;/h1-2,4,6H,21H2,(H,22,23,24);/q-1;. The Balaban J connectivity index is 0.00000196. The summed E-state index contributed by atoms with van der Waals surface area (Å²) in [6, 6.07) is 9.79. The Morgan fingerprint density at radius 1 is 1.46 bits per heavy atom. The summed E-state index contributed by atoms with van der Waals surface area (Å²) in [6.07, 6.45) is 1.25. The van der Waals surface area contributed by atoms with Crippen molar-refractivity contribution >= 4 is 48.9 Å². The monoisotopic (exact) mass is 636 g/mol. The Morgan fingerprint density at radius 3 is 2.96 bits per heavy atom. The molecule has 26 heavy (non-hydrogen) atoms. The van der Waals surface area contributed by atoms with Gasteiger partial charge in [-0.3, -0.25) is 0 Å². The molecule has 0 fully saturated rings. The number of benzene rings is 2. The van der Waals surface area contributed by atoms with Gasteiger partial charge in [0.25, 0.3) is 0 Å². The largest absolute Gasteiger partial charge is 0.390 e. The first-order valence-corrected chi connectivity index (χ1v) is 8.21. The number of thiophene rings is 1. The summed E-state index contributed by atoms with van der Waals surface area (Å²) in [5, 5.41) is 10.7. The van der Waals surface area contributed by atoms with E-state index in [1.54, 1.807) is 12.1 Å². The molecule has 9 heteroatoms. The van der Waals surface area contributed by atoms with Gasteiger partial charge in [0.15, 0.2) is 5.82 Å². The summed E-state index contributed by atoms with van der Waals surface area (Å²) in [7, 11) is 0. The van der Waals surface area contributed by atoms with E-state index in [1.807, 2.05) is 6.07 Å². The van der Waals surface area contributed by atoms with Gasteiger partial charge < -0.3 is 10.7 Å². The molecule has 0 bridgehead atoms. The number of rotatable bonds is 1. The maximum absolute atomic E-state index is 15.2. The summed E-state index contributed by atoms with van der Waals surface area (Å²) < 4.78 is 15.8. The van der Waals surface area contributed by atoms with Crippen LogP contribution in [0.1, 0.15) is 5.56 Å². The first-order valence-electron chi connectivity index (χ1n) is 7.01. The second kappa shape index (κ2) is 5.84. The summed E-state index contributed by atoms with van der Waals surface area (Å²) in [5.41, 5.74) is 5.99. The zero-order valence-corrected chi connectivity index (χ0v) is 21.0. The Kier molecular flexibility index (Phi) is 3.80. The molecular formula is C17H7ClFN4ORfS-. The van der Waals surface area contributed by atoms with Crippen LogP contribution in [0.3, 0.4) is 0 Å². The summed E-state index contributed by atoms with van der Waals surface area (Å²) in [4.78, 5) is 17.4. The third kappa shape index (κ3) is 2.24. The van der Waals surface area contributed by atoms with Crippen LogP contribution in [0.15, 0.2) is 29.2 Å². The van der Waals surface area contributed by atoms with Crippen LogP contribution in [0.2, 0.25) is 5.02 Å². The fourth-order valence-corrected chi connectivity index (χ4v) is 4.00. The van der Waals surface area contributed by atoms with Crippen LogP contribution in [0.5, 0.6) is 0 Å². The van der Waals surface area contributed by atoms with Crippen molar-refractivity contribution < 1.29 is 4.39 Å². The van der Waals surface area contributed by atoms with Crippen LogP contribution in [0.25, 0.3) is 32.1 Å². The molecule has 2 aromatic carbocycles. The molecule has 5 nitrogen and oxygen atoms in total. The SMILES string of the molecule is N#Cc1c(N)sc2[c-]ccc(-c3c(Cl)cc4cnc(=O)[nH]c4c3F)c12.[Rf]. The van der Waals surface area contributed by atoms with Gasteiger partial charge in [-0.05, 0) is 6.07 Å². The van der Waals surface area contributed by atoms with E-state index < -0.39 is 11.5 Å². The summed E-state index contributed by atoms with van der Waals surface area (Å²) >= 11 is 7.50. The maximum atomic E-state index is 15.2. The number of hydrogen-bond donors (Lipinski definition) is 2. The molecule has 3 N–H and O–H groups in total. The number of aromatic amines is 1. The minimum absolute atomic E-state index is 0. The molecule has 0 saturated heterocycles. The quantitative estimate of drug-likeness (QED) is 0.311. The molecule has 0 spiro atoms. The van der Waals surface area contributed by atoms with Crippen molar-refractivity contribution in [2.75, 3.05) is 5.73 Å². The minimum atomic E-state index is -0.692. The summed E-state index contributed by atoms with van der Waals surface area (Å²) in [5.74, 6) is -0.692. The second-order valence-corrected chi connectivity index (χ2v) is 6.71. The molecule has 4 rings (SSSR count). The van der Waals surface area contributed by atoms with Crippen molar-refractivity contribution in [2.45, 2.75) is 0 Å². The Hall–Kier alpha value is -3.95. The van der Waals surface area contributed by atoms with Gasteiger partial charge in [-0.1, -0.05) is 21.7 Å². The van der Waals surface area contributed by atoms with E-state index in [9.17, 15) is 10.1 Å². The number of nitrogens with one attached hydrogen (secondary N) is 1. The molecule has 0 aliphatic carbocycles.